The van der Waals surface area contributed by atoms with Crippen LogP contribution in [0.5, 0.6) is 0 Å². The first kappa shape index (κ1) is 15.8. The molecule has 3 heteroatoms. The van der Waals surface area contributed by atoms with E-state index < -0.39 is 5.60 Å². The van der Waals surface area contributed by atoms with Crippen molar-refractivity contribution in [3.05, 3.63) is 24.3 Å². The Morgan fingerprint density at radius 1 is 1.47 bits per heavy atom. The van der Waals surface area contributed by atoms with Crippen LogP contribution in [0.25, 0.3) is 0 Å². The molecule has 1 N–H and O–H groups in total. The van der Waals surface area contributed by atoms with E-state index in [1.807, 2.05) is 27.7 Å². The maximum Gasteiger partial charge on any atom is 0.408 e. The van der Waals surface area contributed by atoms with Crippen molar-refractivity contribution in [1.29, 1.82) is 0 Å². The average Bonchev–Trinajstić information content (AvgIpc) is 2.14. The first-order valence-corrected chi connectivity index (χ1v) is 6.07. The fourth-order valence-electron chi connectivity index (χ4n) is 1.44. The number of nitrogens with one attached hydrogen (secondary N) is 1. The van der Waals surface area contributed by atoms with Crippen LogP contribution in [0.4, 0.5) is 4.79 Å². The summed E-state index contributed by atoms with van der Waals surface area (Å²) in [6, 6.07) is -0.0256. The van der Waals surface area contributed by atoms with Crippen LogP contribution in [0.3, 0.4) is 0 Å². The van der Waals surface area contributed by atoms with E-state index in [0.717, 1.165) is 12.0 Å². The number of hydrogen-bond acceptors (Lipinski definition) is 2. The van der Waals surface area contributed by atoms with Crippen LogP contribution >= 0.6 is 0 Å². The molecular formula is C14H25NO2. The number of hydrogen-bond donors (Lipinski definition) is 1. The molecule has 0 spiro atoms. The van der Waals surface area contributed by atoms with E-state index in [-0.39, 0.29) is 12.1 Å². The minimum atomic E-state index is -0.467. The highest BCUT2D eigenvalue weighted by Gasteiger charge is 2.19. The van der Waals surface area contributed by atoms with Gasteiger partial charge in [0.2, 0.25) is 0 Å². The maximum absolute atomic E-state index is 11.7. The van der Waals surface area contributed by atoms with E-state index in [0.29, 0.717) is 6.42 Å². The van der Waals surface area contributed by atoms with Gasteiger partial charge in [-0.1, -0.05) is 24.6 Å². The molecule has 98 valence electrons. The molecule has 0 aliphatic rings. The van der Waals surface area contributed by atoms with Crippen molar-refractivity contribution < 1.29 is 9.53 Å². The molecule has 0 saturated heterocycles. The Balaban J connectivity index is 4.50. The highest BCUT2D eigenvalue weighted by Crippen LogP contribution is 2.11. The van der Waals surface area contributed by atoms with Gasteiger partial charge in [0.25, 0.3) is 0 Å². The molecule has 0 aromatic rings. The van der Waals surface area contributed by atoms with Crippen LogP contribution in [0.15, 0.2) is 24.3 Å². The third-order valence-electron chi connectivity index (χ3n) is 2.17. The maximum atomic E-state index is 11.7. The monoisotopic (exact) mass is 239 g/mol. The molecule has 0 aromatic carbocycles. The zero-order chi connectivity index (χ0) is 13.5. The van der Waals surface area contributed by atoms with Crippen LogP contribution in [0, 0.1) is 0 Å². The van der Waals surface area contributed by atoms with Crippen LogP contribution in [0.2, 0.25) is 0 Å². The lowest BCUT2D eigenvalue weighted by Gasteiger charge is -2.23. The summed E-state index contributed by atoms with van der Waals surface area (Å²) >= 11 is 0. The minimum Gasteiger partial charge on any atom is -0.444 e. The van der Waals surface area contributed by atoms with Crippen molar-refractivity contribution in [2.75, 3.05) is 0 Å². The van der Waals surface area contributed by atoms with Gasteiger partial charge in [0.05, 0.1) is 6.04 Å². The Morgan fingerprint density at radius 2 is 2.06 bits per heavy atom. The summed E-state index contributed by atoms with van der Waals surface area (Å²) in [4.78, 5) is 11.7. The first-order valence-electron chi connectivity index (χ1n) is 6.07. The molecule has 17 heavy (non-hydrogen) atoms. The van der Waals surface area contributed by atoms with E-state index >= 15 is 0 Å². The van der Waals surface area contributed by atoms with Gasteiger partial charge in [0, 0.05) is 0 Å². The highest BCUT2D eigenvalue weighted by atomic mass is 16.6. The van der Waals surface area contributed by atoms with Gasteiger partial charge in [-0.2, -0.15) is 0 Å². The second kappa shape index (κ2) is 7.15. The second-order valence-electron chi connectivity index (χ2n) is 5.08. The Morgan fingerprint density at radius 3 is 2.47 bits per heavy atom. The Hall–Kier alpha value is -1.25. The number of amides is 1. The number of rotatable bonds is 5. The highest BCUT2D eigenvalue weighted by molar-refractivity contribution is 5.68. The predicted octanol–water partition coefficient (Wildman–Crippen LogP) is 3.81. The van der Waals surface area contributed by atoms with Crippen LogP contribution < -0.4 is 5.32 Å². The predicted molar refractivity (Wildman–Crippen MR) is 72.0 cm³/mol. The Bertz CT molecular complexity index is 287. The van der Waals surface area contributed by atoms with E-state index in [9.17, 15) is 4.79 Å². The van der Waals surface area contributed by atoms with Crippen molar-refractivity contribution in [2.45, 2.75) is 59.1 Å². The topological polar surface area (TPSA) is 38.3 Å². The summed E-state index contributed by atoms with van der Waals surface area (Å²) < 4.78 is 5.23. The molecule has 0 aliphatic carbocycles. The smallest absolute Gasteiger partial charge is 0.408 e. The molecule has 0 unspecified atom stereocenters. The summed E-state index contributed by atoms with van der Waals surface area (Å²) in [7, 11) is 0. The van der Waals surface area contributed by atoms with Gasteiger partial charge < -0.3 is 10.1 Å². The summed E-state index contributed by atoms with van der Waals surface area (Å²) in [5.41, 5.74) is 0.670. The molecule has 0 saturated carbocycles. The van der Waals surface area contributed by atoms with Crippen LogP contribution in [-0.4, -0.2) is 17.7 Å². The molecule has 3 nitrogen and oxygen atoms in total. The summed E-state index contributed by atoms with van der Waals surface area (Å²) in [5, 5.41) is 2.86. The van der Waals surface area contributed by atoms with Crippen molar-refractivity contribution in [1.82, 2.24) is 5.32 Å². The molecule has 0 heterocycles. The lowest BCUT2D eigenvalue weighted by Crippen LogP contribution is -2.39. The van der Waals surface area contributed by atoms with Crippen molar-refractivity contribution in [3.8, 4) is 0 Å². The number of carbonyl (C=O) groups excluding carboxylic acids is 1. The molecule has 0 fully saturated rings. The van der Waals surface area contributed by atoms with Gasteiger partial charge in [-0.05, 0) is 40.5 Å². The standard InChI is InChI=1S/C14H25NO2/c1-7-9-11(3)12(10-8-2)15-13(16)17-14(4,5)6/h8-9,12H,2,7,10H2,1,3-6H3,(H,15,16)/b11-9+/t12-/m0/s1. The van der Waals surface area contributed by atoms with Crippen LogP contribution in [0.1, 0.15) is 47.5 Å². The van der Waals surface area contributed by atoms with Gasteiger partial charge >= 0.3 is 6.09 Å². The fourth-order valence-corrected chi connectivity index (χ4v) is 1.44. The molecule has 0 radical (unpaired) electrons. The lowest BCUT2D eigenvalue weighted by atomic mass is 10.0. The fraction of sp³-hybridized carbons (Fsp3) is 0.643. The molecule has 0 bridgehead atoms. The van der Waals surface area contributed by atoms with Crippen molar-refractivity contribution >= 4 is 6.09 Å². The number of allylic oxidation sites excluding steroid dienone is 1. The Kier molecular flexibility index (Phi) is 6.62. The average molecular weight is 239 g/mol. The van der Waals surface area contributed by atoms with Gasteiger partial charge in [0.1, 0.15) is 5.60 Å². The van der Waals surface area contributed by atoms with Gasteiger partial charge in [-0.3, -0.25) is 0 Å². The van der Waals surface area contributed by atoms with Gasteiger partial charge in [-0.15, -0.1) is 6.58 Å². The zero-order valence-corrected chi connectivity index (χ0v) is 11.7. The summed E-state index contributed by atoms with van der Waals surface area (Å²) in [6.45, 7) is 13.3. The van der Waals surface area contributed by atoms with E-state index in [1.165, 1.54) is 0 Å². The molecule has 1 amide bonds. The zero-order valence-electron chi connectivity index (χ0n) is 11.7. The molecule has 0 aliphatic heterocycles. The first-order chi connectivity index (χ1) is 7.80. The van der Waals surface area contributed by atoms with Gasteiger partial charge in [0.15, 0.2) is 0 Å². The van der Waals surface area contributed by atoms with Crippen molar-refractivity contribution in [2.24, 2.45) is 0 Å². The SMILES string of the molecule is C=CC[C@H](NC(=O)OC(C)(C)C)/C(C)=C/CC. The molecule has 0 rings (SSSR count). The van der Waals surface area contributed by atoms with E-state index in [1.54, 1.807) is 6.08 Å². The summed E-state index contributed by atoms with van der Waals surface area (Å²) in [5.74, 6) is 0. The largest absolute Gasteiger partial charge is 0.444 e. The normalized spacial score (nSPS) is 14.1. The molecular weight excluding hydrogens is 214 g/mol. The van der Waals surface area contributed by atoms with Crippen molar-refractivity contribution in [3.63, 3.8) is 0 Å². The molecule has 1 atom stereocenters. The minimum absolute atomic E-state index is 0.0256. The van der Waals surface area contributed by atoms with E-state index in [2.05, 4.69) is 24.9 Å². The third-order valence-corrected chi connectivity index (χ3v) is 2.17. The quantitative estimate of drug-likeness (QED) is 0.741. The summed E-state index contributed by atoms with van der Waals surface area (Å²) in [6.07, 6.45) is 5.19. The number of carbonyl (C=O) groups is 1. The Labute approximate surface area is 105 Å². The third kappa shape index (κ3) is 7.61. The van der Waals surface area contributed by atoms with Crippen LogP contribution in [-0.2, 0) is 4.74 Å². The lowest BCUT2D eigenvalue weighted by molar-refractivity contribution is 0.0512. The van der Waals surface area contributed by atoms with E-state index in [4.69, 9.17) is 4.74 Å². The molecule has 0 aromatic heterocycles. The van der Waals surface area contributed by atoms with Gasteiger partial charge in [-0.25, -0.2) is 4.79 Å². The second-order valence-corrected chi connectivity index (χ2v) is 5.08. The number of ether oxygens (including phenoxy) is 1. The number of alkyl carbamates (subject to hydrolysis) is 1.